The molecule has 6 nitrogen and oxygen atoms in total. The molecule has 2 rings (SSSR count). The van der Waals surface area contributed by atoms with Crippen LogP contribution < -0.4 is 11.1 Å². The summed E-state index contributed by atoms with van der Waals surface area (Å²) in [5.41, 5.74) is 5.49. The highest BCUT2D eigenvalue weighted by Gasteiger charge is 2.50. The maximum atomic E-state index is 11.6. The summed E-state index contributed by atoms with van der Waals surface area (Å²) in [4.78, 5) is 11.6. The van der Waals surface area contributed by atoms with Crippen molar-refractivity contribution >= 4 is 5.91 Å². The number of aliphatic hydroxyl groups excluding tert-OH is 1. The van der Waals surface area contributed by atoms with E-state index in [-0.39, 0.29) is 30.3 Å². The van der Waals surface area contributed by atoms with Gasteiger partial charge in [0.2, 0.25) is 5.91 Å². The van der Waals surface area contributed by atoms with E-state index in [1.807, 2.05) is 6.92 Å². The smallest absolute Gasteiger partial charge is 0.222 e. The standard InChI is InChI=1S/C12H22N2O4/c1-2-3-14-10(15)5-7-4-8-12(17-7)11(16)9(6-13)18-8/h7-9,11-12,16H,2-6,13H2,1H3,(H,14,15). The van der Waals surface area contributed by atoms with Crippen molar-refractivity contribution in [2.75, 3.05) is 13.1 Å². The zero-order chi connectivity index (χ0) is 13.1. The summed E-state index contributed by atoms with van der Waals surface area (Å²) >= 11 is 0. The van der Waals surface area contributed by atoms with Crippen LogP contribution in [-0.4, -0.2) is 54.6 Å². The Morgan fingerprint density at radius 1 is 1.50 bits per heavy atom. The maximum absolute atomic E-state index is 11.6. The number of nitrogens with one attached hydrogen (secondary N) is 1. The second-order valence-electron chi connectivity index (χ2n) is 4.95. The molecule has 0 aliphatic carbocycles. The number of ether oxygens (including phenoxy) is 2. The summed E-state index contributed by atoms with van der Waals surface area (Å²) in [6, 6.07) is 0. The van der Waals surface area contributed by atoms with Gasteiger partial charge < -0.3 is 25.6 Å². The lowest BCUT2D eigenvalue weighted by atomic mass is 10.1. The predicted octanol–water partition coefficient (Wildman–Crippen LogP) is -0.853. The van der Waals surface area contributed by atoms with Crippen molar-refractivity contribution in [2.45, 2.75) is 56.7 Å². The van der Waals surface area contributed by atoms with Crippen LogP contribution in [0.25, 0.3) is 0 Å². The van der Waals surface area contributed by atoms with Crippen LogP contribution in [0.5, 0.6) is 0 Å². The van der Waals surface area contributed by atoms with E-state index in [1.54, 1.807) is 0 Å². The Bertz CT molecular complexity index is 300. The minimum atomic E-state index is -0.677. The van der Waals surface area contributed by atoms with Crippen molar-refractivity contribution in [2.24, 2.45) is 5.73 Å². The quantitative estimate of drug-likeness (QED) is 0.597. The highest BCUT2D eigenvalue weighted by molar-refractivity contribution is 5.76. The van der Waals surface area contributed by atoms with E-state index in [0.717, 1.165) is 6.42 Å². The molecule has 2 heterocycles. The molecule has 104 valence electrons. The number of fused-ring (bicyclic) bond motifs is 1. The lowest BCUT2D eigenvalue weighted by molar-refractivity contribution is -0.124. The summed E-state index contributed by atoms with van der Waals surface area (Å²) in [5, 5.41) is 12.7. The van der Waals surface area contributed by atoms with E-state index in [9.17, 15) is 9.90 Å². The summed E-state index contributed by atoms with van der Waals surface area (Å²) in [7, 11) is 0. The molecule has 2 saturated heterocycles. The van der Waals surface area contributed by atoms with E-state index >= 15 is 0 Å². The van der Waals surface area contributed by atoms with Gasteiger partial charge in [0, 0.05) is 19.5 Å². The van der Waals surface area contributed by atoms with Crippen LogP contribution in [0, 0.1) is 0 Å². The van der Waals surface area contributed by atoms with Gasteiger partial charge in [0.25, 0.3) is 0 Å². The first kappa shape index (κ1) is 13.7. The number of hydrogen-bond donors (Lipinski definition) is 3. The first-order chi connectivity index (χ1) is 8.65. The van der Waals surface area contributed by atoms with Crippen molar-refractivity contribution in [3.05, 3.63) is 0 Å². The largest absolute Gasteiger partial charge is 0.388 e. The van der Waals surface area contributed by atoms with E-state index in [2.05, 4.69) is 5.32 Å². The maximum Gasteiger partial charge on any atom is 0.222 e. The van der Waals surface area contributed by atoms with Crippen LogP contribution in [0.1, 0.15) is 26.2 Å². The Kier molecular flexibility index (Phi) is 4.55. The molecule has 0 aromatic rings. The Labute approximate surface area is 107 Å². The summed E-state index contributed by atoms with van der Waals surface area (Å²) in [6.45, 7) is 2.99. The van der Waals surface area contributed by atoms with Gasteiger partial charge in [-0.3, -0.25) is 4.79 Å². The van der Waals surface area contributed by atoms with Crippen molar-refractivity contribution in [1.29, 1.82) is 0 Å². The molecule has 0 spiro atoms. The number of carbonyl (C=O) groups is 1. The molecule has 5 atom stereocenters. The molecule has 0 aromatic heterocycles. The lowest BCUT2D eigenvalue weighted by Crippen LogP contribution is -2.37. The second-order valence-corrected chi connectivity index (χ2v) is 4.95. The predicted molar refractivity (Wildman–Crippen MR) is 64.9 cm³/mol. The first-order valence-electron chi connectivity index (χ1n) is 6.61. The molecule has 1 amide bonds. The molecule has 6 heteroatoms. The van der Waals surface area contributed by atoms with E-state index in [0.29, 0.717) is 25.9 Å². The van der Waals surface area contributed by atoms with Crippen LogP contribution in [0.2, 0.25) is 0 Å². The molecule has 0 radical (unpaired) electrons. The number of amides is 1. The fourth-order valence-electron chi connectivity index (χ4n) is 2.58. The Balaban J connectivity index is 1.79. The molecule has 4 N–H and O–H groups in total. The summed E-state index contributed by atoms with van der Waals surface area (Å²) < 4.78 is 11.3. The average Bonchev–Trinajstić information content (AvgIpc) is 2.86. The van der Waals surface area contributed by atoms with Gasteiger partial charge in [0.15, 0.2) is 0 Å². The summed E-state index contributed by atoms with van der Waals surface area (Å²) in [5.74, 6) is -0.00770. The molecular formula is C12H22N2O4. The molecule has 2 fully saturated rings. The van der Waals surface area contributed by atoms with Gasteiger partial charge in [-0.15, -0.1) is 0 Å². The molecule has 0 bridgehead atoms. The Hall–Kier alpha value is -0.690. The highest BCUT2D eigenvalue weighted by atomic mass is 16.6. The number of aliphatic hydroxyl groups is 1. The molecule has 5 unspecified atom stereocenters. The lowest BCUT2D eigenvalue weighted by Gasteiger charge is -2.18. The third kappa shape index (κ3) is 2.83. The Morgan fingerprint density at radius 2 is 2.28 bits per heavy atom. The van der Waals surface area contributed by atoms with Gasteiger partial charge in [-0.25, -0.2) is 0 Å². The van der Waals surface area contributed by atoms with E-state index in [4.69, 9.17) is 15.2 Å². The topological polar surface area (TPSA) is 93.8 Å². The zero-order valence-electron chi connectivity index (χ0n) is 10.7. The van der Waals surface area contributed by atoms with Crippen molar-refractivity contribution in [3.8, 4) is 0 Å². The number of carbonyl (C=O) groups excluding carboxylic acids is 1. The fourth-order valence-corrected chi connectivity index (χ4v) is 2.58. The molecule has 0 aromatic carbocycles. The van der Waals surface area contributed by atoms with Crippen LogP contribution >= 0.6 is 0 Å². The highest BCUT2D eigenvalue weighted by Crippen LogP contribution is 2.35. The van der Waals surface area contributed by atoms with Crippen molar-refractivity contribution < 1.29 is 19.4 Å². The normalized spacial score (nSPS) is 38.7. The second kappa shape index (κ2) is 5.97. The summed E-state index contributed by atoms with van der Waals surface area (Å²) in [6.07, 6.45) is 0.264. The van der Waals surface area contributed by atoms with Crippen molar-refractivity contribution in [3.63, 3.8) is 0 Å². The molecule has 18 heavy (non-hydrogen) atoms. The molecule has 0 saturated carbocycles. The van der Waals surface area contributed by atoms with Gasteiger partial charge in [0.1, 0.15) is 12.2 Å². The monoisotopic (exact) mass is 258 g/mol. The Morgan fingerprint density at radius 3 is 2.89 bits per heavy atom. The van der Waals surface area contributed by atoms with Gasteiger partial charge in [-0.05, 0) is 6.42 Å². The number of rotatable bonds is 5. The number of nitrogens with two attached hydrogens (primary N) is 1. The minimum absolute atomic E-state index is 0.00770. The fraction of sp³-hybridized carbons (Fsp3) is 0.917. The van der Waals surface area contributed by atoms with Crippen LogP contribution in [0.4, 0.5) is 0 Å². The van der Waals surface area contributed by atoms with Gasteiger partial charge >= 0.3 is 0 Å². The molecular weight excluding hydrogens is 236 g/mol. The average molecular weight is 258 g/mol. The molecule has 2 aliphatic rings. The third-order valence-corrected chi connectivity index (χ3v) is 3.50. The third-order valence-electron chi connectivity index (χ3n) is 3.50. The van der Waals surface area contributed by atoms with Gasteiger partial charge in [0.05, 0.1) is 24.7 Å². The van der Waals surface area contributed by atoms with Gasteiger partial charge in [-0.2, -0.15) is 0 Å². The first-order valence-corrected chi connectivity index (χ1v) is 6.61. The van der Waals surface area contributed by atoms with E-state index in [1.165, 1.54) is 0 Å². The van der Waals surface area contributed by atoms with Crippen molar-refractivity contribution in [1.82, 2.24) is 5.32 Å². The zero-order valence-corrected chi connectivity index (χ0v) is 10.7. The van der Waals surface area contributed by atoms with Crippen LogP contribution in [0.3, 0.4) is 0 Å². The SMILES string of the molecule is CCCNC(=O)CC1CC2OC(CN)C(O)C2O1. The van der Waals surface area contributed by atoms with E-state index < -0.39 is 6.10 Å². The minimum Gasteiger partial charge on any atom is -0.388 e. The van der Waals surface area contributed by atoms with Crippen LogP contribution in [0.15, 0.2) is 0 Å². The molecule has 2 aliphatic heterocycles. The van der Waals surface area contributed by atoms with Gasteiger partial charge in [-0.1, -0.05) is 6.92 Å². The van der Waals surface area contributed by atoms with Crippen LogP contribution in [-0.2, 0) is 14.3 Å². The number of hydrogen-bond acceptors (Lipinski definition) is 5.